The van der Waals surface area contributed by atoms with Gasteiger partial charge in [-0.15, -0.1) is 0 Å². The van der Waals surface area contributed by atoms with Crippen molar-refractivity contribution in [2.75, 3.05) is 7.11 Å². The maximum atomic E-state index is 13.7. The van der Waals surface area contributed by atoms with Gasteiger partial charge in [-0.2, -0.15) is 5.26 Å². The first-order valence-corrected chi connectivity index (χ1v) is 6.53. The highest BCUT2D eigenvalue weighted by Crippen LogP contribution is 2.22. The molecule has 0 aliphatic heterocycles. The second kappa shape index (κ2) is 5.29. The summed E-state index contributed by atoms with van der Waals surface area (Å²) < 4.78 is 20.6. The van der Waals surface area contributed by atoms with E-state index >= 15 is 0 Å². The van der Waals surface area contributed by atoms with Crippen LogP contribution in [0.1, 0.15) is 11.1 Å². The quantitative estimate of drug-likeness (QED) is 0.733. The summed E-state index contributed by atoms with van der Waals surface area (Å²) in [6, 6.07) is 14.6. The number of fused-ring (bicyclic) bond motifs is 1. The lowest BCUT2D eigenvalue weighted by Crippen LogP contribution is -1.99. The first-order valence-electron chi connectivity index (χ1n) is 6.53. The molecule has 0 amide bonds. The second-order valence-corrected chi connectivity index (χ2v) is 4.76. The fraction of sp³-hybridized carbons (Fsp3) is 0.118. The normalized spacial score (nSPS) is 10.5. The molecule has 0 radical (unpaired) electrons. The lowest BCUT2D eigenvalue weighted by atomic mass is 10.1. The number of aromatic nitrogens is 1. The van der Waals surface area contributed by atoms with Gasteiger partial charge in [-0.3, -0.25) is 0 Å². The van der Waals surface area contributed by atoms with Crippen LogP contribution in [-0.4, -0.2) is 11.7 Å². The van der Waals surface area contributed by atoms with Gasteiger partial charge in [0.05, 0.1) is 18.7 Å². The summed E-state index contributed by atoms with van der Waals surface area (Å²) in [5.74, 6) is -0.132. The Morgan fingerprint density at radius 1 is 1.24 bits per heavy atom. The Kier molecular flexibility index (Phi) is 3.33. The Morgan fingerprint density at radius 3 is 2.81 bits per heavy atom. The third kappa shape index (κ3) is 2.34. The molecule has 3 rings (SSSR count). The van der Waals surface area contributed by atoms with Crippen molar-refractivity contribution >= 4 is 10.9 Å². The fourth-order valence-electron chi connectivity index (χ4n) is 2.46. The SMILES string of the molecule is COc1ccc(Cn2ccc3c(C#N)cccc32)cc1F. The van der Waals surface area contributed by atoms with Gasteiger partial charge in [0.25, 0.3) is 0 Å². The summed E-state index contributed by atoms with van der Waals surface area (Å²) in [4.78, 5) is 0. The van der Waals surface area contributed by atoms with Crippen molar-refractivity contribution in [2.24, 2.45) is 0 Å². The van der Waals surface area contributed by atoms with Crippen LogP contribution in [0, 0.1) is 17.1 Å². The Morgan fingerprint density at radius 2 is 2.10 bits per heavy atom. The molecule has 1 heterocycles. The minimum absolute atomic E-state index is 0.239. The monoisotopic (exact) mass is 280 g/mol. The van der Waals surface area contributed by atoms with Crippen LogP contribution in [0.3, 0.4) is 0 Å². The number of hydrogen-bond acceptors (Lipinski definition) is 2. The molecule has 104 valence electrons. The minimum Gasteiger partial charge on any atom is -0.494 e. The first kappa shape index (κ1) is 13.2. The summed E-state index contributed by atoms with van der Waals surface area (Å²) in [5.41, 5.74) is 2.45. The van der Waals surface area contributed by atoms with Crippen LogP contribution in [0.15, 0.2) is 48.7 Å². The van der Waals surface area contributed by atoms with Crippen molar-refractivity contribution in [3.8, 4) is 11.8 Å². The molecular weight excluding hydrogens is 267 g/mol. The van der Waals surface area contributed by atoms with Gasteiger partial charge < -0.3 is 9.30 Å². The molecule has 0 N–H and O–H groups in total. The Balaban J connectivity index is 1.99. The molecule has 0 aliphatic carbocycles. The van der Waals surface area contributed by atoms with Gasteiger partial charge in [0, 0.05) is 23.6 Å². The zero-order valence-corrected chi connectivity index (χ0v) is 11.5. The molecule has 1 aromatic heterocycles. The molecule has 0 spiro atoms. The highest BCUT2D eigenvalue weighted by atomic mass is 19.1. The van der Waals surface area contributed by atoms with E-state index < -0.39 is 0 Å². The number of benzene rings is 2. The third-order valence-corrected chi connectivity index (χ3v) is 3.50. The van der Waals surface area contributed by atoms with Crippen LogP contribution in [0.4, 0.5) is 4.39 Å². The molecule has 3 nitrogen and oxygen atoms in total. The Bertz CT molecular complexity index is 846. The van der Waals surface area contributed by atoms with Gasteiger partial charge in [-0.1, -0.05) is 12.1 Å². The molecule has 0 atom stereocenters. The smallest absolute Gasteiger partial charge is 0.165 e. The molecule has 0 bridgehead atoms. The molecular formula is C17H13FN2O. The number of nitriles is 1. The van der Waals surface area contributed by atoms with E-state index in [0.717, 1.165) is 16.5 Å². The molecule has 0 unspecified atom stereocenters. The summed E-state index contributed by atoms with van der Waals surface area (Å²) >= 11 is 0. The van der Waals surface area contributed by atoms with E-state index in [1.54, 1.807) is 12.1 Å². The number of methoxy groups -OCH3 is 1. The summed E-state index contributed by atoms with van der Waals surface area (Å²) in [5, 5.41) is 10.0. The summed E-state index contributed by atoms with van der Waals surface area (Å²) in [7, 11) is 1.45. The lowest BCUT2D eigenvalue weighted by molar-refractivity contribution is 0.386. The van der Waals surface area contributed by atoms with E-state index in [1.165, 1.54) is 13.2 Å². The molecule has 0 fully saturated rings. The van der Waals surface area contributed by atoms with Crippen LogP contribution in [0.2, 0.25) is 0 Å². The van der Waals surface area contributed by atoms with Crippen LogP contribution in [0.25, 0.3) is 10.9 Å². The predicted octanol–water partition coefficient (Wildman–Crippen LogP) is 3.71. The second-order valence-electron chi connectivity index (χ2n) is 4.76. The third-order valence-electron chi connectivity index (χ3n) is 3.50. The maximum Gasteiger partial charge on any atom is 0.165 e. The maximum absolute atomic E-state index is 13.7. The molecule has 4 heteroatoms. The van der Waals surface area contributed by atoms with Crippen molar-refractivity contribution in [2.45, 2.75) is 6.54 Å². The number of ether oxygens (including phenoxy) is 1. The van der Waals surface area contributed by atoms with Gasteiger partial charge in [0.1, 0.15) is 0 Å². The highest BCUT2D eigenvalue weighted by molar-refractivity contribution is 5.86. The van der Waals surface area contributed by atoms with E-state index in [0.29, 0.717) is 12.1 Å². The van der Waals surface area contributed by atoms with Crippen molar-refractivity contribution in [1.29, 1.82) is 5.26 Å². The summed E-state index contributed by atoms with van der Waals surface area (Å²) in [6.45, 7) is 0.541. The Labute approximate surface area is 121 Å². The van der Waals surface area contributed by atoms with E-state index in [4.69, 9.17) is 10.00 Å². The molecule has 0 saturated carbocycles. The van der Waals surface area contributed by atoms with Crippen LogP contribution in [0.5, 0.6) is 5.75 Å². The molecule has 0 saturated heterocycles. The van der Waals surface area contributed by atoms with Crippen LogP contribution >= 0.6 is 0 Å². The number of hydrogen-bond donors (Lipinski definition) is 0. The highest BCUT2D eigenvalue weighted by Gasteiger charge is 2.07. The number of rotatable bonds is 3. The van der Waals surface area contributed by atoms with E-state index in [2.05, 4.69) is 6.07 Å². The lowest BCUT2D eigenvalue weighted by Gasteiger charge is -2.08. The zero-order chi connectivity index (χ0) is 14.8. The zero-order valence-electron chi connectivity index (χ0n) is 11.5. The average molecular weight is 280 g/mol. The molecule has 21 heavy (non-hydrogen) atoms. The van der Waals surface area contributed by atoms with Gasteiger partial charge in [0.2, 0.25) is 0 Å². The van der Waals surface area contributed by atoms with Gasteiger partial charge >= 0.3 is 0 Å². The summed E-state index contributed by atoms with van der Waals surface area (Å²) in [6.07, 6.45) is 1.91. The van der Waals surface area contributed by atoms with Crippen molar-refractivity contribution < 1.29 is 9.13 Å². The minimum atomic E-state index is -0.371. The van der Waals surface area contributed by atoms with Gasteiger partial charge in [-0.05, 0) is 35.9 Å². The average Bonchev–Trinajstić information content (AvgIpc) is 2.91. The fourth-order valence-corrected chi connectivity index (χ4v) is 2.46. The molecule has 0 aliphatic rings. The van der Waals surface area contributed by atoms with Gasteiger partial charge in [0.15, 0.2) is 11.6 Å². The van der Waals surface area contributed by atoms with Crippen molar-refractivity contribution in [3.63, 3.8) is 0 Å². The predicted molar refractivity (Wildman–Crippen MR) is 78.7 cm³/mol. The van der Waals surface area contributed by atoms with Crippen molar-refractivity contribution in [1.82, 2.24) is 4.57 Å². The van der Waals surface area contributed by atoms with E-state index in [-0.39, 0.29) is 11.6 Å². The largest absolute Gasteiger partial charge is 0.494 e. The van der Waals surface area contributed by atoms with Crippen LogP contribution in [-0.2, 0) is 6.54 Å². The van der Waals surface area contributed by atoms with E-state index in [9.17, 15) is 4.39 Å². The van der Waals surface area contributed by atoms with E-state index in [1.807, 2.05) is 35.0 Å². The number of halogens is 1. The molecule has 3 aromatic rings. The standard InChI is InChI=1S/C17H13FN2O/c1-21-17-6-5-12(9-15(17)18)11-20-8-7-14-13(10-19)3-2-4-16(14)20/h2-9H,11H2,1H3. The number of nitrogens with zero attached hydrogens (tertiary/aromatic N) is 2. The molecule has 2 aromatic carbocycles. The van der Waals surface area contributed by atoms with Gasteiger partial charge in [-0.25, -0.2) is 4.39 Å². The Hall–Kier alpha value is -2.80. The topological polar surface area (TPSA) is 38.0 Å². The first-order chi connectivity index (χ1) is 10.2. The van der Waals surface area contributed by atoms with Crippen molar-refractivity contribution in [3.05, 3.63) is 65.6 Å². The van der Waals surface area contributed by atoms with Crippen LogP contribution < -0.4 is 4.74 Å².